The predicted molar refractivity (Wildman–Crippen MR) is 327 cm³/mol. The predicted octanol–water partition coefficient (Wildman–Crippen LogP) is 0.816. The van der Waals surface area contributed by atoms with Crippen molar-refractivity contribution in [1.29, 1.82) is 0 Å². The minimum Gasteiger partial charge on any atom is -0.480 e. The van der Waals surface area contributed by atoms with Crippen molar-refractivity contribution in [2.75, 3.05) is 150 Å². The molecule has 0 bridgehead atoms. The van der Waals surface area contributed by atoms with Crippen molar-refractivity contribution in [2.45, 2.75) is 55.0 Å². The average molecular weight is 1460 g/mol. The van der Waals surface area contributed by atoms with Gasteiger partial charge in [-0.2, -0.15) is 9.82 Å². The van der Waals surface area contributed by atoms with Crippen LogP contribution in [0.1, 0.15) is 43.0 Å². The molecule has 1 aliphatic rings. The number of nitrogens with zero attached hydrogens (tertiary/aromatic N) is 7. The first-order valence-corrected chi connectivity index (χ1v) is 32.0. The Labute approximate surface area is 552 Å². The molecule has 3 aromatic carbocycles. The molecule has 30 nitrogen and oxygen atoms in total. The summed E-state index contributed by atoms with van der Waals surface area (Å²) >= 11 is 0. The molecule has 0 spiro atoms. The quantitative estimate of drug-likeness (QED) is 0.0248. The van der Waals surface area contributed by atoms with Crippen LogP contribution in [-0.4, -0.2) is 263 Å². The molecule has 1 unspecified atom stereocenters. The van der Waals surface area contributed by atoms with Gasteiger partial charge >= 0.3 is 23.9 Å². The molecular formula is C57H83LuN13O17S2. The Balaban J connectivity index is 0.000000418. The number of carboxylic acid groups (broad SMARTS) is 4. The number of imidazole rings is 1. The molecule has 33 heteroatoms. The summed E-state index contributed by atoms with van der Waals surface area (Å²) in [6, 6.07) is 15.0. The average Bonchev–Trinajstić information content (AvgIpc) is 1.50. The SMILES string of the molecule is CCCOCCCNC(=O)CN1CCN(CC(=O)O)CCN(CC(=O)O)CCN(CC(=O)O)CC1.COCCOCCCNS(=O)(=O)c1ccc(-c2ccc(S(=O)(=O)NC(CNC(=O)c3ccc4c(cnn4CCCNc4ncc[nH]4)c3)C(=O)O)cc2)cc1.[Lu]. The van der Waals surface area contributed by atoms with Crippen LogP contribution in [0.5, 0.6) is 0 Å². The van der Waals surface area contributed by atoms with Crippen molar-refractivity contribution in [3.05, 3.63) is 90.9 Å². The van der Waals surface area contributed by atoms with Gasteiger partial charge in [0.2, 0.25) is 26.0 Å². The number of methoxy groups -OCH3 is 1. The zero-order valence-corrected chi connectivity index (χ0v) is 53.6. The molecular weight excluding hydrogens is 1380 g/mol. The second-order valence-electron chi connectivity index (χ2n) is 20.6. The number of carboxylic acids is 4. The number of anilines is 1. The summed E-state index contributed by atoms with van der Waals surface area (Å²) in [7, 11) is -6.49. The summed E-state index contributed by atoms with van der Waals surface area (Å²) in [5.41, 5.74) is 2.31. The molecule has 505 valence electrons. The van der Waals surface area contributed by atoms with Crippen LogP contribution in [0, 0.1) is 36.9 Å². The van der Waals surface area contributed by atoms with Gasteiger partial charge in [0.15, 0.2) is 5.95 Å². The van der Waals surface area contributed by atoms with E-state index in [1.54, 1.807) is 70.7 Å². The molecule has 1 saturated heterocycles. The van der Waals surface area contributed by atoms with E-state index in [0.29, 0.717) is 140 Å². The van der Waals surface area contributed by atoms with Crippen LogP contribution in [0.25, 0.3) is 22.0 Å². The van der Waals surface area contributed by atoms with Crippen molar-refractivity contribution in [3.63, 3.8) is 0 Å². The smallest absolute Gasteiger partial charge is 0.323 e. The number of nitrogens with one attached hydrogen (secondary N) is 6. The Morgan fingerprint density at radius 1 is 0.633 bits per heavy atom. The number of carbonyl (C=O) groups excluding carboxylic acids is 2. The molecule has 1 radical (unpaired) electrons. The van der Waals surface area contributed by atoms with Crippen LogP contribution in [-0.2, 0) is 64.8 Å². The van der Waals surface area contributed by atoms with Gasteiger partial charge in [-0.05, 0) is 79.3 Å². The number of aryl methyl sites for hydroxylation is 1. The Hall–Kier alpha value is -6.27. The summed E-state index contributed by atoms with van der Waals surface area (Å²) in [6.45, 7) is 8.51. The monoisotopic (exact) mass is 1460 g/mol. The number of benzene rings is 3. The van der Waals surface area contributed by atoms with Crippen LogP contribution < -0.4 is 25.4 Å². The van der Waals surface area contributed by atoms with Gasteiger partial charge in [0.25, 0.3) is 5.91 Å². The van der Waals surface area contributed by atoms with E-state index in [9.17, 15) is 66.0 Å². The number of ether oxygens (including phenoxy) is 3. The van der Waals surface area contributed by atoms with Gasteiger partial charge in [0.05, 0.1) is 60.9 Å². The number of aliphatic carboxylic acids is 4. The number of sulfonamides is 2. The molecule has 1 aliphatic heterocycles. The maximum atomic E-state index is 13.1. The van der Waals surface area contributed by atoms with Gasteiger partial charge in [-0.25, -0.2) is 26.5 Å². The second-order valence-corrected chi connectivity index (χ2v) is 24.1. The molecule has 1 atom stereocenters. The number of H-pyrrole nitrogens is 1. The van der Waals surface area contributed by atoms with Gasteiger partial charge in [-0.15, -0.1) is 0 Å². The topological polar surface area (TPSA) is 399 Å². The zero-order chi connectivity index (χ0) is 64.6. The normalized spacial score (nSPS) is 14.4. The van der Waals surface area contributed by atoms with Crippen LogP contribution in [0.4, 0.5) is 5.95 Å². The molecule has 2 amide bonds. The summed E-state index contributed by atoms with van der Waals surface area (Å²) in [5.74, 6) is -4.50. The third-order valence-electron chi connectivity index (χ3n) is 13.7. The molecule has 2 aromatic heterocycles. The van der Waals surface area contributed by atoms with E-state index in [2.05, 4.69) is 40.5 Å². The minimum absolute atomic E-state index is 0. The molecule has 0 aliphatic carbocycles. The van der Waals surface area contributed by atoms with E-state index in [0.717, 1.165) is 18.4 Å². The summed E-state index contributed by atoms with van der Waals surface area (Å²) in [5, 5.41) is 51.2. The van der Waals surface area contributed by atoms with Crippen molar-refractivity contribution < 1.29 is 117 Å². The molecule has 6 rings (SSSR count). The fourth-order valence-electron chi connectivity index (χ4n) is 8.99. The first-order valence-electron chi connectivity index (χ1n) is 29.0. The molecule has 90 heavy (non-hydrogen) atoms. The second kappa shape index (κ2) is 40.6. The van der Waals surface area contributed by atoms with Crippen molar-refractivity contribution in [3.8, 4) is 11.1 Å². The Bertz CT molecular complexity index is 3210. The molecule has 5 aromatic rings. The number of fused-ring (bicyclic) bond motifs is 1. The minimum atomic E-state index is -4.31. The van der Waals surface area contributed by atoms with Gasteiger partial charge in [0, 0.05) is 172 Å². The molecule has 10 N–H and O–H groups in total. The number of hydrogen-bond donors (Lipinski definition) is 10. The Kier molecular flexibility index (Phi) is 34.3. The maximum absolute atomic E-state index is 13.1. The van der Waals surface area contributed by atoms with Gasteiger partial charge < -0.3 is 55.6 Å². The number of aromatic amines is 1. The van der Waals surface area contributed by atoms with Crippen molar-refractivity contribution in [2.24, 2.45) is 0 Å². The van der Waals surface area contributed by atoms with E-state index in [-0.39, 0.29) is 90.9 Å². The third-order valence-corrected chi connectivity index (χ3v) is 16.6. The molecule has 0 saturated carbocycles. The Morgan fingerprint density at radius 3 is 1.68 bits per heavy atom. The fraction of sp³-hybridized carbons (Fsp3) is 0.509. The standard InChI is InChI=1S/C35H42N8O9S2.C22H41N5O8.Lu/c1-51-20-21-52-19-3-15-41-53(47,48)29-9-4-25(5-10-29)26-6-11-30(12-7-26)54(49,50)42-31(34(45)46)24-39-33(44)27-8-13-32-28(22-27)23-40-43(32)18-2-14-36-35-37-16-17-38-35;1-2-13-35-14-3-4-23-19(28)15-24-5-7-25(16-20(29)30)9-11-27(18-22(33)34)12-10-26(8-6-24)17-21(31)32;/h4-13,16-17,22-23,31,41-42H,2-3,14-15,18-21,24H2,1H3,(H,39,44)(H,45,46)(H2,36,37,38);2-18H2,1H3,(H,23,28)(H,29,30)(H,31,32)(H,33,34);. The number of aromatic nitrogens is 4. The largest absolute Gasteiger partial charge is 0.480 e. The van der Waals surface area contributed by atoms with Crippen LogP contribution in [0.2, 0.25) is 0 Å². The summed E-state index contributed by atoms with van der Waals surface area (Å²) < 4.78 is 73.7. The van der Waals surface area contributed by atoms with Gasteiger partial charge in [-0.3, -0.25) is 53.0 Å². The number of rotatable bonds is 36. The molecule has 3 heterocycles. The van der Waals surface area contributed by atoms with Crippen molar-refractivity contribution >= 4 is 72.6 Å². The summed E-state index contributed by atoms with van der Waals surface area (Å²) in [6.07, 6.45) is 7.93. The molecule has 1 fully saturated rings. The number of hydrogen-bond acceptors (Lipinski definition) is 20. The number of carbonyl (C=O) groups is 6. The van der Waals surface area contributed by atoms with Crippen LogP contribution in [0.15, 0.2) is 95.1 Å². The maximum Gasteiger partial charge on any atom is 0.323 e. The first kappa shape index (κ1) is 76.2. The summed E-state index contributed by atoms with van der Waals surface area (Å²) in [4.78, 5) is 85.3. The van der Waals surface area contributed by atoms with E-state index in [1.807, 2.05) is 16.5 Å². The van der Waals surface area contributed by atoms with E-state index < -0.39 is 62.4 Å². The van der Waals surface area contributed by atoms with Crippen molar-refractivity contribution in [1.82, 2.24) is 59.4 Å². The number of amides is 2. The van der Waals surface area contributed by atoms with Crippen LogP contribution >= 0.6 is 0 Å². The van der Waals surface area contributed by atoms with E-state index in [1.165, 1.54) is 36.4 Å². The van der Waals surface area contributed by atoms with Gasteiger partial charge in [-0.1, -0.05) is 31.2 Å². The van der Waals surface area contributed by atoms with E-state index in [4.69, 9.17) is 14.2 Å². The van der Waals surface area contributed by atoms with Crippen LogP contribution in [0.3, 0.4) is 0 Å². The Morgan fingerprint density at radius 2 is 1.17 bits per heavy atom. The van der Waals surface area contributed by atoms with Gasteiger partial charge in [0.1, 0.15) is 6.04 Å². The van der Waals surface area contributed by atoms with E-state index >= 15 is 0 Å². The first-order chi connectivity index (χ1) is 42.7. The fourth-order valence-corrected chi connectivity index (χ4v) is 11.3. The third kappa shape index (κ3) is 28.1. The zero-order valence-electron chi connectivity index (χ0n) is 50.3.